The minimum absolute atomic E-state index is 0.850. The van der Waals surface area contributed by atoms with Crippen LogP contribution in [0.2, 0.25) is 0 Å². The van der Waals surface area contributed by atoms with E-state index in [0.29, 0.717) is 0 Å². The highest BCUT2D eigenvalue weighted by molar-refractivity contribution is 9.11. The summed E-state index contributed by atoms with van der Waals surface area (Å²) in [5.74, 6) is 0. The molecule has 0 spiro atoms. The van der Waals surface area contributed by atoms with E-state index in [1.54, 1.807) is 0 Å². The zero-order valence-electron chi connectivity index (χ0n) is 5.04. The van der Waals surface area contributed by atoms with E-state index in [9.17, 15) is 17.6 Å². The van der Waals surface area contributed by atoms with Crippen LogP contribution in [0, 0.1) is 0 Å². The maximum absolute atomic E-state index is 12.1. The van der Waals surface area contributed by atoms with E-state index in [1.165, 1.54) is 0 Å². The second-order valence-electron chi connectivity index (χ2n) is 1.63. The molecule has 1 unspecified atom stereocenters. The Morgan fingerprint density at radius 2 is 1.70 bits per heavy atom. The number of hydrogen-bond donors (Lipinski definition) is 0. The van der Waals surface area contributed by atoms with Gasteiger partial charge in [-0.05, 0) is 22.9 Å². The number of halogens is 5. The zero-order chi connectivity index (χ0) is 8.31. The molecule has 0 amide bonds. The van der Waals surface area contributed by atoms with Crippen molar-refractivity contribution in [2.24, 2.45) is 0 Å². The zero-order valence-corrected chi connectivity index (χ0v) is 6.63. The van der Waals surface area contributed by atoms with Crippen molar-refractivity contribution in [3.63, 3.8) is 0 Å². The molecule has 0 saturated heterocycles. The summed E-state index contributed by atoms with van der Waals surface area (Å²) in [6.07, 6.45) is -5.04. The van der Waals surface area contributed by atoms with Crippen LogP contribution in [0.15, 0.2) is 10.3 Å². The number of allylic oxidation sites excluding steroid dienone is 1. The third-order valence-corrected chi connectivity index (χ3v) is 1.34. The first-order valence-electron chi connectivity index (χ1n) is 2.44. The molecule has 0 fully saturated rings. The summed E-state index contributed by atoms with van der Waals surface area (Å²) >= 11 is 2.13. The third kappa shape index (κ3) is 2.68. The van der Waals surface area contributed by atoms with Crippen LogP contribution in [0.1, 0.15) is 6.92 Å². The Morgan fingerprint density at radius 3 is 1.70 bits per heavy atom. The maximum atomic E-state index is 12.1. The van der Waals surface area contributed by atoms with Gasteiger partial charge in [0.05, 0.1) is 5.57 Å². The topological polar surface area (TPSA) is 0 Å². The predicted octanol–water partition coefficient (Wildman–Crippen LogP) is 3.19. The van der Waals surface area contributed by atoms with Gasteiger partial charge in [0.2, 0.25) is 0 Å². The van der Waals surface area contributed by atoms with Gasteiger partial charge in [-0.15, -0.1) is 0 Å². The summed E-state index contributed by atoms with van der Waals surface area (Å²) in [6.45, 7) is 0.850. The minimum Gasteiger partial charge on any atom is -0.243 e. The van der Waals surface area contributed by atoms with E-state index >= 15 is 0 Å². The van der Waals surface area contributed by atoms with Gasteiger partial charge in [-0.25, -0.2) is 13.2 Å². The summed E-state index contributed by atoms with van der Waals surface area (Å²) in [4.78, 5) is 0. The van der Waals surface area contributed by atoms with Gasteiger partial charge in [-0.1, -0.05) is 0 Å². The Kier molecular flexibility index (Phi) is 3.93. The highest BCUT2D eigenvalue weighted by Gasteiger charge is 2.21. The largest absolute Gasteiger partial charge is 0.266 e. The summed E-state index contributed by atoms with van der Waals surface area (Å²) in [5, 5.41) is 0. The molecule has 0 aromatic heterocycles. The monoisotopic (exact) mass is 220 g/mol. The first-order valence-corrected chi connectivity index (χ1v) is 3.23. The van der Waals surface area contributed by atoms with Gasteiger partial charge in [0.25, 0.3) is 6.43 Å². The first kappa shape index (κ1) is 9.94. The van der Waals surface area contributed by atoms with Crippen molar-refractivity contribution in [3.8, 4) is 0 Å². The van der Waals surface area contributed by atoms with E-state index in [-0.39, 0.29) is 0 Å². The van der Waals surface area contributed by atoms with E-state index in [1.807, 2.05) is 0 Å². The average molecular weight is 221 g/mol. The molecule has 0 aliphatic heterocycles. The summed E-state index contributed by atoms with van der Waals surface area (Å²) in [7, 11) is 0. The van der Waals surface area contributed by atoms with Crippen LogP contribution in [0.25, 0.3) is 0 Å². The quantitative estimate of drug-likeness (QED) is 0.628. The fourth-order valence-electron chi connectivity index (χ4n) is 0.406. The van der Waals surface area contributed by atoms with Gasteiger partial charge in [0.1, 0.15) is 6.17 Å². The van der Waals surface area contributed by atoms with E-state index in [0.717, 1.165) is 6.92 Å². The van der Waals surface area contributed by atoms with E-state index in [4.69, 9.17) is 0 Å². The van der Waals surface area contributed by atoms with E-state index in [2.05, 4.69) is 15.9 Å². The lowest BCUT2D eigenvalue weighted by molar-refractivity contribution is 0.163. The molecule has 0 bridgehead atoms. The number of alkyl halides is 3. The molecule has 0 N–H and O–H groups in total. The number of rotatable bonds is 2. The lowest BCUT2D eigenvalue weighted by Crippen LogP contribution is -2.08. The van der Waals surface area contributed by atoms with Crippen molar-refractivity contribution in [1.29, 1.82) is 0 Å². The fourth-order valence-corrected chi connectivity index (χ4v) is 0.895. The maximum Gasteiger partial charge on any atom is 0.266 e. The van der Waals surface area contributed by atoms with Crippen LogP contribution < -0.4 is 0 Å². The SMILES string of the molecule is CC(F)/C(=C(\F)Br)C(F)F. The molecule has 0 heterocycles. The Labute approximate surface area is 64.0 Å². The van der Waals surface area contributed by atoms with Gasteiger partial charge in [-0.2, -0.15) is 4.39 Å². The van der Waals surface area contributed by atoms with Crippen LogP contribution in [-0.4, -0.2) is 12.6 Å². The number of hydrogen-bond acceptors (Lipinski definition) is 0. The van der Waals surface area contributed by atoms with Crippen molar-refractivity contribution < 1.29 is 17.6 Å². The van der Waals surface area contributed by atoms with Gasteiger partial charge >= 0.3 is 0 Å². The van der Waals surface area contributed by atoms with Gasteiger partial charge in [-0.3, -0.25) is 0 Å². The minimum atomic E-state index is -3.08. The molecule has 0 aliphatic carbocycles. The summed E-state index contributed by atoms with van der Waals surface area (Å²) < 4.78 is 45.9. The molecular weight excluding hydrogens is 216 g/mol. The van der Waals surface area contributed by atoms with Gasteiger partial charge < -0.3 is 0 Å². The molecule has 0 saturated carbocycles. The Bertz CT molecular complexity index is 127. The van der Waals surface area contributed by atoms with Crippen LogP contribution in [0.4, 0.5) is 17.6 Å². The third-order valence-electron chi connectivity index (χ3n) is 0.882. The van der Waals surface area contributed by atoms with Crippen LogP contribution in [0.5, 0.6) is 0 Å². The fraction of sp³-hybridized carbons (Fsp3) is 0.600. The molecule has 1 atom stereocenters. The van der Waals surface area contributed by atoms with E-state index < -0.39 is 22.9 Å². The van der Waals surface area contributed by atoms with Crippen LogP contribution in [-0.2, 0) is 0 Å². The second-order valence-corrected chi connectivity index (χ2v) is 2.33. The average Bonchev–Trinajstić information content (AvgIpc) is 1.59. The molecule has 0 aliphatic rings. The van der Waals surface area contributed by atoms with Gasteiger partial charge in [0, 0.05) is 0 Å². The second kappa shape index (κ2) is 3.95. The van der Waals surface area contributed by atoms with Crippen molar-refractivity contribution in [2.75, 3.05) is 0 Å². The van der Waals surface area contributed by atoms with Crippen LogP contribution in [0.3, 0.4) is 0 Å². The summed E-state index contributed by atoms with van der Waals surface area (Å²) in [5.41, 5.74) is -1.14. The van der Waals surface area contributed by atoms with Crippen LogP contribution >= 0.6 is 15.9 Å². The molecular formula is C5H5BrF4. The van der Waals surface area contributed by atoms with Crippen molar-refractivity contribution in [1.82, 2.24) is 0 Å². The Hall–Kier alpha value is -0.0600. The van der Waals surface area contributed by atoms with Crippen molar-refractivity contribution >= 4 is 15.9 Å². The molecule has 10 heavy (non-hydrogen) atoms. The first-order chi connectivity index (χ1) is 4.46. The highest BCUT2D eigenvalue weighted by atomic mass is 79.9. The highest BCUT2D eigenvalue weighted by Crippen LogP contribution is 2.24. The Morgan fingerprint density at radius 1 is 1.30 bits per heavy atom. The standard InChI is InChI=1S/C5H5BrF4/c1-2(7)3(4(6)8)5(9)10/h2,5H,1H3/b4-3+. The lowest BCUT2D eigenvalue weighted by Gasteiger charge is -2.05. The summed E-state index contributed by atoms with van der Waals surface area (Å²) in [6, 6.07) is 0. The molecule has 60 valence electrons. The molecule has 0 rings (SSSR count). The predicted molar refractivity (Wildman–Crippen MR) is 33.6 cm³/mol. The lowest BCUT2D eigenvalue weighted by atomic mass is 10.2. The molecule has 0 aromatic rings. The molecule has 0 nitrogen and oxygen atoms in total. The van der Waals surface area contributed by atoms with Crippen molar-refractivity contribution in [2.45, 2.75) is 19.5 Å². The normalized spacial score (nSPS) is 17.1. The van der Waals surface area contributed by atoms with Crippen molar-refractivity contribution in [3.05, 3.63) is 10.3 Å². The Balaban J connectivity index is 4.44. The molecule has 5 heteroatoms. The van der Waals surface area contributed by atoms with Gasteiger partial charge in [0.15, 0.2) is 4.74 Å². The smallest absolute Gasteiger partial charge is 0.243 e. The molecule has 0 radical (unpaired) electrons. The molecule has 0 aromatic carbocycles.